The van der Waals surface area contributed by atoms with Crippen molar-refractivity contribution in [2.24, 2.45) is 5.92 Å². The molecule has 1 fully saturated rings. The van der Waals surface area contributed by atoms with Crippen LogP contribution in [0.1, 0.15) is 37.3 Å². The third-order valence-corrected chi connectivity index (χ3v) is 4.82. The standard InChI is InChI=1S/C17H23NO3/c1-12-14(8-10-21-12)16(19)18-11-17(20)9-4-6-13-5-2-3-7-15(13)17/h2-3,5,7,12,14,20H,4,6,8-11H2,1H3,(H,18,19). The SMILES string of the molecule is CC1OCCC1C(=O)NCC1(O)CCCc2ccccc21. The largest absolute Gasteiger partial charge is 0.383 e. The molecular weight excluding hydrogens is 266 g/mol. The molecule has 114 valence electrons. The molecule has 3 unspecified atom stereocenters. The van der Waals surface area contributed by atoms with Crippen molar-refractivity contribution in [2.45, 2.75) is 44.3 Å². The summed E-state index contributed by atoms with van der Waals surface area (Å²) in [6.07, 6.45) is 3.38. The van der Waals surface area contributed by atoms with Crippen LogP contribution in [0.3, 0.4) is 0 Å². The highest BCUT2D eigenvalue weighted by Crippen LogP contribution is 2.34. The Hall–Kier alpha value is -1.39. The summed E-state index contributed by atoms with van der Waals surface area (Å²) in [4.78, 5) is 12.3. The first-order valence-corrected chi connectivity index (χ1v) is 7.80. The number of hydrogen-bond donors (Lipinski definition) is 2. The highest BCUT2D eigenvalue weighted by atomic mass is 16.5. The van der Waals surface area contributed by atoms with Gasteiger partial charge in [-0.25, -0.2) is 0 Å². The zero-order chi connectivity index (χ0) is 14.9. The van der Waals surface area contributed by atoms with Crippen LogP contribution in [0.4, 0.5) is 0 Å². The van der Waals surface area contributed by atoms with Crippen LogP contribution < -0.4 is 5.32 Å². The number of aryl methyl sites for hydroxylation is 1. The predicted molar refractivity (Wildman–Crippen MR) is 79.8 cm³/mol. The molecule has 0 radical (unpaired) electrons. The first kappa shape index (κ1) is 14.5. The Morgan fingerprint density at radius 1 is 1.48 bits per heavy atom. The topological polar surface area (TPSA) is 58.6 Å². The van der Waals surface area contributed by atoms with Crippen LogP contribution >= 0.6 is 0 Å². The van der Waals surface area contributed by atoms with Crippen LogP contribution in [-0.4, -0.2) is 30.3 Å². The van der Waals surface area contributed by atoms with Gasteiger partial charge in [0.1, 0.15) is 5.60 Å². The van der Waals surface area contributed by atoms with Crippen molar-refractivity contribution in [3.8, 4) is 0 Å². The number of nitrogens with one attached hydrogen (secondary N) is 1. The van der Waals surface area contributed by atoms with Crippen molar-refractivity contribution in [3.63, 3.8) is 0 Å². The maximum absolute atomic E-state index is 12.3. The fourth-order valence-electron chi connectivity index (χ4n) is 3.52. The number of fused-ring (bicyclic) bond motifs is 1. The highest BCUT2D eigenvalue weighted by Gasteiger charge is 2.36. The smallest absolute Gasteiger partial charge is 0.225 e. The number of rotatable bonds is 3. The summed E-state index contributed by atoms with van der Waals surface area (Å²) in [5.41, 5.74) is 1.22. The Bertz CT molecular complexity index is 531. The van der Waals surface area contributed by atoms with Crippen molar-refractivity contribution in [3.05, 3.63) is 35.4 Å². The number of carbonyl (C=O) groups excluding carboxylic acids is 1. The molecule has 1 aliphatic carbocycles. The molecule has 1 amide bonds. The first-order chi connectivity index (χ1) is 10.1. The molecule has 1 saturated heterocycles. The zero-order valence-electron chi connectivity index (χ0n) is 12.5. The molecular formula is C17H23NO3. The maximum Gasteiger partial charge on any atom is 0.225 e. The molecule has 0 aromatic heterocycles. The van der Waals surface area contributed by atoms with Crippen molar-refractivity contribution < 1.29 is 14.6 Å². The van der Waals surface area contributed by atoms with E-state index in [4.69, 9.17) is 4.74 Å². The van der Waals surface area contributed by atoms with E-state index in [1.165, 1.54) is 5.56 Å². The van der Waals surface area contributed by atoms with Crippen molar-refractivity contribution in [1.82, 2.24) is 5.32 Å². The second kappa shape index (κ2) is 5.78. The van der Waals surface area contributed by atoms with Crippen molar-refractivity contribution in [1.29, 1.82) is 0 Å². The van der Waals surface area contributed by atoms with Gasteiger partial charge in [-0.3, -0.25) is 4.79 Å². The predicted octanol–water partition coefficient (Wildman–Crippen LogP) is 1.75. The molecule has 0 bridgehead atoms. The van der Waals surface area contributed by atoms with Crippen LogP contribution in [0.15, 0.2) is 24.3 Å². The van der Waals surface area contributed by atoms with E-state index >= 15 is 0 Å². The molecule has 0 saturated carbocycles. The van der Waals surface area contributed by atoms with Gasteiger partial charge in [0.15, 0.2) is 0 Å². The fraction of sp³-hybridized carbons (Fsp3) is 0.588. The quantitative estimate of drug-likeness (QED) is 0.891. The summed E-state index contributed by atoms with van der Waals surface area (Å²) in [7, 11) is 0. The van der Waals surface area contributed by atoms with Gasteiger partial charge in [-0.2, -0.15) is 0 Å². The average molecular weight is 289 g/mol. The van der Waals surface area contributed by atoms with E-state index in [0.717, 1.165) is 24.8 Å². The summed E-state index contributed by atoms with van der Waals surface area (Å²) < 4.78 is 5.44. The number of benzene rings is 1. The molecule has 2 aliphatic rings. The lowest BCUT2D eigenvalue weighted by Gasteiger charge is -2.35. The van der Waals surface area contributed by atoms with E-state index < -0.39 is 5.60 Å². The molecule has 4 nitrogen and oxygen atoms in total. The Labute approximate surface area is 125 Å². The van der Waals surface area contributed by atoms with Crippen LogP contribution in [0.5, 0.6) is 0 Å². The molecule has 4 heteroatoms. The normalized spacial score (nSPS) is 31.7. The molecule has 2 N–H and O–H groups in total. The minimum absolute atomic E-state index is 0.00326. The number of amides is 1. The highest BCUT2D eigenvalue weighted by molar-refractivity contribution is 5.79. The van der Waals surface area contributed by atoms with E-state index in [2.05, 4.69) is 11.4 Å². The maximum atomic E-state index is 12.3. The Morgan fingerprint density at radius 3 is 3.05 bits per heavy atom. The fourth-order valence-corrected chi connectivity index (χ4v) is 3.52. The third-order valence-electron chi connectivity index (χ3n) is 4.82. The minimum atomic E-state index is -0.937. The monoisotopic (exact) mass is 289 g/mol. The van der Waals surface area contributed by atoms with Crippen LogP contribution in [-0.2, 0) is 21.6 Å². The third kappa shape index (κ3) is 2.83. The van der Waals surface area contributed by atoms with E-state index in [-0.39, 0.29) is 24.5 Å². The lowest BCUT2D eigenvalue weighted by atomic mass is 9.79. The van der Waals surface area contributed by atoms with Gasteiger partial charge in [0.25, 0.3) is 0 Å². The molecule has 3 rings (SSSR count). The van der Waals surface area contributed by atoms with Gasteiger partial charge in [-0.15, -0.1) is 0 Å². The van der Waals surface area contributed by atoms with Crippen LogP contribution in [0, 0.1) is 5.92 Å². The zero-order valence-corrected chi connectivity index (χ0v) is 12.5. The second-order valence-corrected chi connectivity index (χ2v) is 6.23. The summed E-state index contributed by atoms with van der Waals surface area (Å²) in [6.45, 7) is 2.86. The van der Waals surface area contributed by atoms with Crippen molar-refractivity contribution >= 4 is 5.91 Å². The van der Waals surface area contributed by atoms with E-state index in [0.29, 0.717) is 13.0 Å². The van der Waals surface area contributed by atoms with Gasteiger partial charge >= 0.3 is 0 Å². The van der Waals surface area contributed by atoms with E-state index in [9.17, 15) is 9.90 Å². The molecule has 21 heavy (non-hydrogen) atoms. The van der Waals surface area contributed by atoms with Gasteiger partial charge < -0.3 is 15.2 Å². The van der Waals surface area contributed by atoms with Gasteiger partial charge in [-0.05, 0) is 43.7 Å². The minimum Gasteiger partial charge on any atom is -0.383 e. The Balaban J connectivity index is 1.69. The molecule has 3 atom stereocenters. The molecule has 1 aromatic rings. The Morgan fingerprint density at radius 2 is 2.29 bits per heavy atom. The number of carbonyl (C=O) groups is 1. The molecule has 1 aromatic carbocycles. The molecule has 0 spiro atoms. The Kier molecular flexibility index (Phi) is 4.00. The van der Waals surface area contributed by atoms with Gasteiger partial charge in [0.2, 0.25) is 5.91 Å². The average Bonchev–Trinajstić information content (AvgIpc) is 2.92. The van der Waals surface area contributed by atoms with E-state index in [1.807, 2.05) is 25.1 Å². The van der Waals surface area contributed by atoms with Gasteiger partial charge in [0, 0.05) is 6.61 Å². The van der Waals surface area contributed by atoms with Crippen LogP contribution in [0.2, 0.25) is 0 Å². The van der Waals surface area contributed by atoms with Crippen molar-refractivity contribution in [2.75, 3.05) is 13.2 Å². The van der Waals surface area contributed by atoms with Gasteiger partial charge in [-0.1, -0.05) is 24.3 Å². The first-order valence-electron chi connectivity index (χ1n) is 7.80. The summed E-state index contributed by atoms with van der Waals surface area (Å²) in [5, 5.41) is 13.9. The molecule has 1 aliphatic heterocycles. The number of hydrogen-bond acceptors (Lipinski definition) is 3. The summed E-state index contributed by atoms with van der Waals surface area (Å²) in [5.74, 6) is -0.0936. The summed E-state index contributed by atoms with van der Waals surface area (Å²) >= 11 is 0. The lowest BCUT2D eigenvalue weighted by Crippen LogP contribution is -2.45. The number of ether oxygens (including phenoxy) is 1. The van der Waals surface area contributed by atoms with Gasteiger partial charge in [0.05, 0.1) is 18.6 Å². The summed E-state index contributed by atoms with van der Waals surface area (Å²) in [6, 6.07) is 7.99. The molecule has 1 heterocycles. The number of aliphatic hydroxyl groups is 1. The second-order valence-electron chi connectivity index (χ2n) is 6.23. The van der Waals surface area contributed by atoms with Crippen LogP contribution in [0.25, 0.3) is 0 Å². The van der Waals surface area contributed by atoms with E-state index in [1.54, 1.807) is 0 Å². The lowest BCUT2D eigenvalue weighted by molar-refractivity contribution is -0.127.